The number of sulfonamides is 2. The van der Waals surface area contributed by atoms with Gasteiger partial charge in [-0.15, -0.1) is 0 Å². The molecule has 1 amide bonds. The molecule has 0 saturated carbocycles. The van der Waals surface area contributed by atoms with E-state index in [2.05, 4.69) is 5.32 Å². The summed E-state index contributed by atoms with van der Waals surface area (Å²) in [4.78, 5) is 14.3. The molecule has 0 bridgehead atoms. The van der Waals surface area contributed by atoms with Gasteiger partial charge in [0.05, 0.1) is 23.8 Å². The fraction of sp³-hybridized carbons (Fsp3) is 0.562. The Morgan fingerprint density at radius 3 is 2.33 bits per heavy atom. The molecule has 2 rings (SSSR count). The number of likely N-dealkylation sites (N-methyl/N-ethyl adjacent to an activating group) is 1. The van der Waals surface area contributed by atoms with Gasteiger partial charge in [0.15, 0.2) is 0 Å². The standard InChI is InChI=1S/C16H25N3O6S2/c1-11-10-18(3)16(20)13-8-12(19(26(4,21)22)27(5,23)24)6-7-14(13)25-15(11)9-17-2/h6-8,11,15,17H,9-10H2,1-5H3/t11-,15+/m0/s1. The van der Waals surface area contributed by atoms with Gasteiger partial charge in [-0.2, -0.15) is 3.71 Å². The van der Waals surface area contributed by atoms with Crippen molar-refractivity contribution in [1.82, 2.24) is 10.2 Å². The number of hydrogen-bond donors (Lipinski definition) is 1. The van der Waals surface area contributed by atoms with Crippen LogP contribution in [0.1, 0.15) is 17.3 Å². The van der Waals surface area contributed by atoms with E-state index in [0.717, 1.165) is 12.5 Å². The zero-order chi connectivity index (χ0) is 20.6. The van der Waals surface area contributed by atoms with Crippen LogP contribution < -0.4 is 13.8 Å². The lowest BCUT2D eigenvalue weighted by Gasteiger charge is -2.33. The third-order valence-electron chi connectivity index (χ3n) is 4.23. The molecule has 0 unspecified atom stereocenters. The number of amides is 1. The minimum absolute atomic E-state index is 0.0581. The highest BCUT2D eigenvalue weighted by atomic mass is 32.3. The van der Waals surface area contributed by atoms with Crippen molar-refractivity contribution in [3.05, 3.63) is 23.8 Å². The van der Waals surface area contributed by atoms with Crippen LogP contribution in [-0.4, -0.2) is 73.4 Å². The van der Waals surface area contributed by atoms with E-state index in [1.54, 1.807) is 14.1 Å². The first-order valence-electron chi connectivity index (χ1n) is 8.27. The van der Waals surface area contributed by atoms with Crippen LogP contribution in [0.3, 0.4) is 0 Å². The van der Waals surface area contributed by atoms with Crippen molar-refractivity contribution in [3.63, 3.8) is 0 Å². The van der Waals surface area contributed by atoms with Crippen LogP contribution >= 0.6 is 0 Å². The third-order valence-corrected chi connectivity index (χ3v) is 7.48. The minimum Gasteiger partial charge on any atom is -0.488 e. The predicted molar refractivity (Wildman–Crippen MR) is 103 cm³/mol. The van der Waals surface area contributed by atoms with Crippen molar-refractivity contribution in [2.75, 3.05) is 43.4 Å². The van der Waals surface area contributed by atoms with Crippen molar-refractivity contribution in [2.24, 2.45) is 5.92 Å². The number of nitrogens with zero attached hydrogens (tertiary/aromatic N) is 2. The summed E-state index contributed by atoms with van der Waals surface area (Å²) >= 11 is 0. The smallest absolute Gasteiger partial charge is 0.257 e. The second kappa shape index (κ2) is 7.64. The molecule has 9 nitrogen and oxygen atoms in total. The van der Waals surface area contributed by atoms with Gasteiger partial charge < -0.3 is 15.0 Å². The Kier molecular flexibility index (Phi) is 6.07. The summed E-state index contributed by atoms with van der Waals surface area (Å²) in [5, 5.41) is 3.05. The zero-order valence-corrected chi connectivity index (χ0v) is 17.6. The SMILES string of the molecule is CNC[C@H]1Oc2ccc(N(S(C)(=O)=O)S(C)(=O)=O)cc2C(=O)N(C)C[C@@H]1C. The van der Waals surface area contributed by atoms with Gasteiger partial charge in [0.1, 0.15) is 11.9 Å². The van der Waals surface area contributed by atoms with Crippen LogP contribution in [0.25, 0.3) is 0 Å². The molecular weight excluding hydrogens is 394 g/mol. The van der Waals surface area contributed by atoms with Crippen LogP contribution in [0.2, 0.25) is 0 Å². The molecule has 27 heavy (non-hydrogen) atoms. The molecule has 0 radical (unpaired) electrons. The van der Waals surface area contributed by atoms with Crippen LogP contribution in [0.5, 0.6) is 5.75 Å². The lowest BCUT2D eigenvalue weighted by molar-refractivity contribution is 0.0637. The quantitative estimate of drug-likeness (QED) is 0.720. The molecule has 0 aliphatic carbocycles. The highest BCUT2D eigenvalue weighted by Crippen LogP contribution is 2.32. The first-order chi connectivity index (χ1) is 12.4. The van der Waals surface area contributed by atoms with Crippen molar-refractivity contribution < 1.29 is 26.4 Å². The Morgan fingerprint density at radius 1 is 1.22 bits per heavy atom. The number of anilines is 1. The molecule has 1 aromatic rings. The van der Waals surface area contributed by atoms with Crippen LogP contribution in [-0.2, 0) is 20.0 Å². The first kappa shape index (κ1) is 21.5. The monoisotopic (exact) mass is 419 g/mol. The third kappa shape index (κ3) is 4.71. The summed E-state index contributed by atoms with van der Waals surface area (Å²) in [5.41, 5.74) is -0.0248. The normalized spacial score (nSPS) is 21.1. The summed E-state index contributed by atoms with van der Waals surface area (Å²) in [6.07, 6.45) is 1.37. The highest BCUT2D eigenvalue weighted by Gasteiger charge is 2.32. The second-order valence-electron chi connectivity index (χ2n) is 6.78. The number of nitrogens with one attached hydrogen (secondary N) is 1. The average Bonchev–Trinajstić information content (AvgIpc) is 2.51. The van der Waals surface area contributed by atoms with E-state index < -0.39 is 20.0 Å². The fourth-order valence-corrected chi connectivity index (χ4v) is 6.05. The van der Waals surface area contributed by atoms with E-state index in [-0.39, 0.29) is 34.9 Å². The fourth-order valence-electron chi connectivity index (χ4n) is 3.09. The average molecular weight is 420 g/mol. The molecule has 0 fully saturated rings. The number of rotatable bonds is 5. The Morgan fingerprint density at radius 2 is 1.81 bits per heavy atom. The maximum absolute atomic E-state index is 12.8. The molecule has 1 aromatic carbocycles. The Balaban J connectivity index is 2.62. The maximum atomic E-state index is 12.8. The topological polar surface area (TPSA) is 113 Å². The highest BCUT2D eigenvalue weighted by molar-refractivity contribution is 8.09. The summed E-state index contributed by atoms with van der Waals surface area (Å²) in [6.45, 7) is 2.97. The van der Waals surface area contributed by atoms with E-state index in [9.17, 15) is 21.6 Å². The number of carbonyl (C=O) groups excluding carboxylic acids is 1. The van der Waals surface area contributed by atoms with Gasteiger partial charge in [0, 0.05) is 26.1 Å². The molecule has 2 atom stereocenters. The number of ether oxygens (including phenoxy) is 1. The predicted octanol–water partition coefficient (Wildman–Crippen LogP) is 0.101. The maximum Gasteiger partial charge on any atom is 0.257 e. The zero-order valence-electron chi connectivity index (χ0n) is 16.0. The molecule has 1 N–H and O–H groups in total. The van der Waals surface area contributed by atoms with E-state index in [4.69, 9.17) is 4.74 Å². The molecule has 1 aliphatic heterocycles. The second-order valence-corrected chi connectivity index (χ2v) is 10.7. The van der Waals surface area contributed by atoms with Crippen LogP contribution in [0.4, 0.5) is 5.69 Å². The molecule has 152 valence electrons. The van der Waals surface area contributed by atoms with E-state index in [1.165, 1.54) is 23.1 Å². The van der Waals surface area contributed by atoms with Crippen molar-refractivity contribution in [2.45, 2.75) is 13.0 Å². The van der Waals surface area contributed by atoms with Gasteiger partial charge in [-0.05, 0) is 25.2 Å². The molecule has 0 saturated heterocycles. The summed E-state index contributed by atoms with van der Waals surface area (Å²) in [5.74, 6) is -0.0318. The summed E-state index contributed by atoms with van der Waals surface area (Å²) in [6, 6.07) is 3.99. The van der Waals surface area contributed by atoms with Gasteiger partial charge in [-0.3, -0.25) is 4.79 Å². The first-order valence-corrected chi connectivity index (χ1v) is 12.0. The van der Waals surface area contributed by atoms with E-state index >= 15 is 0 Å². The van der Waals surface area contributed by atoms with E-state index in [0.29, 0.717) is 16.8 Å². The molecule has 0 aromatic heterocycles. The summed E-state index contributed by atoms with van der Waals surface area (Å²) < 4.78 is 54.3. The van der Waals surface area contributed by atoms with Crippen LogP contribution in [0, 0.1) is 5.92 Å². The minimum atomic E-state index is -4.11. The van der Waals surface area contributed by atoms with Crippen molar-refractivity contribution in [3.8, 4) is 5.75 Å². The molecular formula is C16H25N3O6S2. The lowest BCUT2D eigenvalue weighted by atomic mass is 10.0. The van der Waals surface area contributed by atoms with Crippen molar-refractivity contribution >= 4 is 31.6 Å². The van der Waals surface area contributed by atoms with Gasteiger partial charge >= 0.3 is 0 Å². The Labute approximate surface area is 160 Å². The van der Waals surface area contributed by atoms with Gasteiger partial charge in [0.2, 0.25) is 20.0 Å². The molecule has 11 heteroatoms. The number of hydrogen-bond acceptors (Lipinski definition) is 7. The largest absolute Gasteiger partial charge is 0.488 e. The van der Waals surface area contributed by atoms with E-state index in [1.807, 2.05) is 6.92 Å². The molecule has 1 aliphatic rings. The van der Waals surface area contributed by atoms with Crippen molar-refractivity contribution in [1.29, 1.82) is 0 Å². The number of benzene rings is 1. The summed E-state index contributed by atoms with van der Waals surface area (Å²) in [7, 11) is -4.78. The van der Waals surface area contributed by atoms with Gasteiger partial charge in [-0.25, -0.2) is 16.8 Å². The number of carbonyl (C=O) groups is 1. The molecule has 1 heterocycles. The lowest BCUT2D eigenvalue weighted by Crippen LogP contribution is -2.44. The number of fused-ring (bicyclic) bond motifs is 1. The van der Waals surface area contributed by atoms with Gasteiger partial charge in [-0.1, -0.05) is 6.92 Å². The van der Waals surface area contributed by atoms with Crippen LogP contribution in [0.15, 0.2) is 18.2 Å². The molecule has 0 spiro atoms. The Bertz CT molecular complexity index is 897. The Hall–Kier alpha value is -1.85. The van der Waals surface area contributed by atoms with Gasteiger partial charge in [0.25, 0.3) is 5.91 Å².